The van der Waals surface area contributed by atoms with E-state index in [2.05, 4.69) is 5.32 Å². The second-order valence-electron chi connectivity index (χ2n) is 5.91. The van der Waals surface area contributed by atoms with E-state index in [0.717, 1.165) is 30.6 Å². The average molecular weight is 374 g/mol. The molecule has 0 radical (unpaired) electrons. The molecule has 2 heterocycles. The average Bonchev–Trinajstić information content (AvgIpc) is 3.02. The number of thiophene rings is 1. The van der Waals surface area contributed by atoms with Gasteiger partial charge in [0.25, 0.3) is 10.0 Å². The van der Waals surface area contributed by atoms with Crippen LogP contribution in [0, 0.1) is 5.92 Å². The summed E-state index contributed by atoms with van der Waals surface area (Å²) >= 11 is 1.10. The molecule has 0 saturated carbocycles. The fraction of sp³-hybridized carbons (Fsp3) is 0.600. The lowest BCUT2D eigenvalue weighted by Crippen LogP contribution is -2.35. The number of hydrogen-bond acceptors (Lipinski definition) is 5. The summed E-state index contributed by atoms with van der Waals surface area (Å²) in [6, 6.07) is 3.18. The molecule has 1 unspecified atom stereocenters. The molecular formula is C15H22N2O5S2. The van der Waals surface area contributed by atoms with Crippen molar-refractivity contribution in [1.82, 2.24) is 9.62 Å². The zero-order valence-corrected chi connectivity index (χ0v) is 15.2. The number of sulfonamides is 1. The quantitative estimate of drug-likeness (QED) is 0.749. The fourth-order valence-electron chi connectivity index (χ4n) is 2.40. The van der Waals surface area contributed by atoms with Crippen molar-refractivity contribution < 1.29 is 23.1 Å². The SMILES string of the molecule is CC(CNC(=O)Cc1ccc(S(=O)(=O)N2CCCCC2)s1)C(=O)O. The third-order valence-electron chi connectivity index (χ3n) is 3.91. The molecule has 24 heavy (non-hydrogen) atoms. The molecule has 1 saturated heterocycles. The van der Waals surface area contributed by atoms with Crippen LogP contribution in [0.4, 0.5) is 0 Å². The van der Waals surface area contributed by atoms with Crippen molar-refractivity contribution in [1.29, 1.82) is 0 Å². The maximum Gasteiger partial charge on any atom is 0.308 e. The molecule has 2 rings (SSSR count). The molecule has 9 heteroatoms. The van der Waals surface area contributed by atoms with Crippen LogP contribution in [0.25, 0.3) is 0 Å². The van der Waals surface area contributed by atoms with Gasteiger partial charge in [-0.25, -0.2) is 8.42 Å². The smallest absolute Gasteiger partial charge is 0.308 e. The minimum Gasteiger partial charge on any atom is -0.481 e. The molecule has 0 spiro atoms. The number of nitrogens with one attached hydrogen (secondary N) is 1. The van der Waals surface area contributed by atoms with E-state index < -0.39 is 21.9 Å². The zero-order chi connectivity index (χ0) is 17.7. The van der Waals surface area contributed by atoms with E-state index in [1.54, 1.807) is 6.07 Å². The van der Waals surface area contributed by atoms with Crippen molar-refractivity contribution in [2.75, 3.05) is 19.6 Å². The van der Waals surface area contributed by atoms with Gasteiger partial charge < -0.3 is 10.4 Å². The van der Waals surface area contributed by atoms with Crippen molar-refractivity contribution in [3.8, 4) is 0 Å². The van der Waals surface area contributed by atoms with Gasteiger partial charge in [-0.2, -0.15) is 4.31 Å². The van der Waals surface area contributed by atoms with Crippen molar-refractivity contribution in [3.05, 3.63) is 17.0 Å². The lowest BCUT2D eigenvalue weighted by molar-refractivity contribution is -0.141. The van der Waals surface area contributed by atoms with Crippen molar-refractivity contribution in [2.45, 2.75) is 36.8 Å². The molecule has 1 fully saturated rings. The van der Waals surface area contributed by atoms with Gasteiger partial charge in [0.1, 0.15) is 4.21 Å². The van der Waals surface area contributed by atoms with Gasteiger partial charge in [-0.05, 0) is 25.0 Å². The number of nitrogens with zero attached hydrogens (tertiary/aromatic N) is 1. The number of carbonyl (C=O) groups excluding carboxylic acids is 1. The van der Waals surface area contributed by atoms with Gasteiger partial charge in [0.05, 0.1) is 12.3 Å². The number of rotatable bonds is 7. The Morgan fingerprint density at radius 2 is 1.96 bits per heavy atom. The number of carboxylic acids is 1. The van der Waals surface area contributed by atoms with Gasteiger partial charge in [0, 0.05) is 24.5 Å². The second-order valence-corrected chi connectivity index (χ2v) is 9.24. The minimum absolute atomic E-state index is 0.0481. The molecule has 0 aliphatic carbocycles. The maximum atomic E-state index is 12.5. The molecule has 0 aromatic carbocycles. The zero-order valence-electron chi connectivity index (χ0n) is 13.5. The second kappa shape index (κ2) is 8.09. The highest BCUT2D eigenvalue weighted by atomic mass is 32.2. The van der Waals surface area contributed by atoms with Gasteiger partial charge in [0.15, 0.2) is 0 Å². The van der Waals surface area contributed by atoms with E-state index in [1.807, 2.05) is 0 Å². The highest BCUT2D eigenvalue weighted by molar-refractivity contribution is 7.91. The molecule has 1 aromatic heterocycles. The van der Waals surface area contributed by atoms with Crippen LogP contribution < -0.4 is 5.32 Å². The van der Waals surface area contributed by atoms with E-state index in [0.29, 0.717) is 18.0 Å². The molecule has 1 aliphatic heterocycles. The molecule has 1 atom stereocenters. The Hall–Kier alpha value is -1.45. The van der Waals surface area contributed by atoms with Gasteiger partial charge in [0.2, 0.25) is 5.91 Å². The summed E-state index contributed by atoms with van der Waals surface area (Å²) in [7, 11) is -3.47. The number of hydrogen-bond donors (Lipinski definition) is 2. The van der Waals surface area contributed by atoms with Crippen LogP contribution in [0.5, 0.6) is 0 Å². The van der Waals surface area contributed by atoms with Crippen LogP contribution in [0.15, 0.2) is 16.3 Å². The molecule has 0 bridgehead atoms. The van der Waals surface area contributed by atoms with Gasteiger partial charge in [-0.15, -0.1) is 11.3 Å². The lowest BCUT2D eigenvalue weighted by Gasteiger charge is -2.25. The number of aliphatic carboxylic acids is 1. The monoisotopic (exact) mass is 374 g/mol. The minimum atomic E-state index is -3.47. The Morgan fingerprint density at radius 1 is 1.29 bits per heavy atom. The number of amides is 1. The summed E-state index contributed by atoms with van der Waals surface area (Å²) in [6.45, 7) is 2.65. The van der Waals surface area contributed by atoms with Gasteiger partial charge in [-0.3, -0.25) is 9.59 Å². The molecular weight excluding hydrogens is 352 g/mol. The standard InChI is InChI=1S/C15H22N2O5S2/c1-11(15(19)20)10-16-13(18)9-12-5-6-14(23-12)24(21,22)17-7-3-2-4-8-17/h5-6,11H,2-4,7-10H2,1H3,(H,16,18)(H,19,20). The maximum absolute atomic E-state index is 12.5. The van der Waals surface area contributed by atoms with E-state index >= 15 is 0 Å². The third kappa shape index (κ3) is 4.78. The van der Waals surface area contributed by atoms with Crippen LogP contribution in [0.2, 0.25) is 0 Å². The Balaban J connectivity index is 1.95. The number of piperidine rings is 1. The first-order chi connectivity index (χ1) is 11.3. The van der Waals surface area contributed by atoms with E-state index in [-0.39, 0.29) is 23.1 Å². The van der Waals surface area contributed by atoms with Crippen LogP contribution in [-0.4, -0.2) is 49.3 Å². The van der Waals surface area contributed by atoms with Crippen molar-refractivity contribution >= 4 is 33.2 Å². The van der Waals surface area contributed by atoms with Crippen LogP contribution in [-0.2, 0) is 26.0 Å². The van der Waals surface area contributed by atoms with E-state index in [9.17, 15) is 18.0 Å². The summed E-state index contributed by atoms with van der Waals surface area (Å²) in [5.74, 6) is -1.94. The highest BCUT2D eigenvalue weighted by Crippen LogP contribution is 2.27. The summed E-state index contributed by atoms with van der Waals surface area (Å²) in [5, 5.41) is 11.3. The summed E-state index contributed by atoms with van der Waals surface area (Å²) < 4.78 is 26.9. The summed E-state index contributed by atoms with van der Waals surface area (Å²) in [4.78, 5) is 23.2. The Bertz CT molecular complexity index is 692. The van der Waals surface area contributed by atoms with E-state index in [4.69, 9.17) is 5.11 Å². The summed E-state index contributed by atoms with van der Waals surface area (Å²) in [5.41, 5.74) is 0. The van der Waals surface area contributed by atoms with Crippen LogP contribution >= 0.6 is 11.3 Å². The van der Waals surface area contributed by atoms with Gasteiger partial charge >= 0.3 is 5.97 Å². The Kier molecular flexibility index (Phi) is 6.36. The van der Waals surface area contributed by atoms with Crippen molar-refractivity contribution in [3.63, 3.8) is 0 Å². The molecule has 1 amide bonds. The number of carboxylic acid groups (broad SMARTS) is 1. The first-order valence-electron chi connectivity index (χ1n) is 7.89. The predicted molar refractivity (Wildman–Crippen MR) is 90.4 cm³/mol. The Labute approximate surface area is 145 Å². The van der Waals surface area contributed by atoms with Crippen LogP contribution in [0.1, 0.15) is 31.1 Å². The topological polar surface area (TPSA) is 104 Å². The first-order valence-corrected chi connectivity index (χ1v) is 10.1. The first kappa shape index (κ1) is 18.9. The number of carbonyl (C=O) groups is 2. The summed E-state index contributed by atoms with van der Waals surface area (Å²) in [6.07, 6.45) is 2.85. The molecule has 2 N–H and O–H groups in total. The normalized spacial score (nSPS) is 17.4. The predicted octanol–water partition coefficient (Wildman–Crippen LogP) is 1.30. The molecule has 1 aromatic rings. The molecule has 7 nitrogen and oxygen atoms in total. The van der Waals surface area contributed by atoms with Crippen molar-refractivity contribution in [2.24, 2.45) is 5.92 Å². The Morgan fingerprint density at radius 3 is 2.58 bits per heavy atom. The third-order valence-corrected chi connectivity index (χ3v) is 7.36. The molecule has 1 aliphatic rings. The van der Waals surface area contributed by atoms with Gasteiger partial charge in [-0.1, -0.05) is 13.3 Å². The fourth-order valence-corrected chi connectivity index (χ4v) is 5.43. The largest absolute Gasteiger partial charge is 0.481 e. The van der Waals surface area contributed by atoms with Crippen LogP contribution in [0.3, 0.4) is 0 Å². The molecule has 134 valence electrons. The highest BCUT2D eigenvalue weighted by Gasteiger charge is 2.27. The van der Waals surface area contributed by atoms with E-state index in [1.165, 1.54) is 17.3 Å². The lowest BCUT2D eigenvalue weighted by atomic mass is 10.2.